The van der Waals surface area contributed by atoms with E-state index in [0.717, 1.165) is 38.0 Å². The molecule has 4 heteroatoms. The second kappa shape index (κ2) is 6.49. The number of amides is 2. The number of anilines is 1. The number of hydrogen-bond donors (Lipinski definition) is 1. The summed E-state index contributed by atoms with van der Waals surface area (Å²) in [6, 6.07) is 7.06. The van der Waals surface area contributed by atoms with Crippen LogP contribution in [0.1, 0.15) is 19.3 Å². The zero-order valence-corrected chi connectivity index (χ0v) is 11.5. The zero-order chi connectivity index (χ0) is 13.7. The van der Waals surface area contributed by atoms with Crippen LogP contribution in [0, 0.1) is 18.3 Å². The monoisotopic (exact) mass is 276 g/mol. The van der Waals surface area contributed by atoms with Crippen LogP contribution >= 0.6 is 11.6 Å². The maximum Gasteiger partial charge on any atom is 0.321 e. The van der Waals surface area contributed by atoms with Crippen molar-refractivity contribution in [1.82, 2.24) is 4.90 Å². The summed E-state index contributed by atoms with van der Waals surface area (Å²) in [6.07, 6.45) is 8.10. The van der Waals surface area contributed by atoms with Crippen LogP contribution in [0.3, 0.4) is 0 Å². The molecule has 1 aliphatic heterocycles. The highest BCUT2D eigenvalue weighted by Crippen LogP contribution is 2.21. The van der Waals surface area contributed by atoms with Crippen molar-refractivity contribution in [2.45, 2.75) is 19.3 Å². The summed E-state index contributed by atoms with van der Waals surface area (Å²) in [5, 5.41) is 3.53. The van der Waals surface area contributed by atoms with Gasteiger partial charge in [-0.1, -0.05) is 11.6 Å². The number of carbonyl (C=O) groups is 1. The first-order valence-electron chi connectivity index (χ1n) is 6.44. The Hall–Kier alpha value is -1.66. The normalized spacial score (nSPS) is 15.9. The van der Waals surface area contributed by atoms with Crippen molar-refractivity contribution in [3.8, 4) is 12.3 Å². The van der Waals surface area contributed by atoms with Crippen LogP contribution in [0.2, 0.25) is 5.02 Å². The van der Waals surface area contributed by atoms with Crippen LogP contribution < -0.4 is 5.32 Å². The van der Waals surface area contributed by atoms with Gasteiger partial charge >= 0.3 is 6.03 Å². The molecule has 1 aromatic carbocycles. The predicted molar refractivity (Wildman–Crippen MR) is 78.2 cm³/mol. The Labute approximate surface area is 118 Å². The first-order chi connectivity index (χ1) is 9.19. The van der Waals surface area contributed by atoms with Crippen molar-refractivity contribution >= 4 is 23.3 Å². The fraction of sp³-hybridized carbons (Fsp3) is 0.400. The Kier molecular flexibility index (Phi) is 4.70. The van der Waals surface area contributed by atoms with Gasteiger partial charge in [0.25, 0.3) is 0 Å². The number of nitrogens with one attached hydrogen (secondary N) is 1. The molecule has 0 spiro atoms. The highest BCUT2D eigenvalue weighted by molar-refractivity contribution is 6.30. The molecule has 2 amide bonds. The number of likely N-dealkylation sites (tertiary alicyclic amines) is 1. The molecule has 0 unspecified atom stereocenters. The molecule has 0 atom stereocenters. The molecule has 3 nitrogen and oxygen atoms in total. The summed E-state index contributed by atoms with van der Waals surface area (Å²) in [7, 11) is 0. The minimum Gasteiger partial charge on any atom is -0.325 e. The number of rotatable bonds is 2. The molecule has 100 valence electrons. The van der Waals surface area contributed by atoms with Gasteiger partial charge in [-0.3, -0.25) is 0 Å². The lowest BCUT2D eigenvalue weighted by Crippen LogP contribution is -2.41. The van der Waals surface area contributed by atoms with Crippen LogP contribution in [0.5, 0.6) is 0 Å². The number of benzene rings is 1. The lowest BCUT2D eigenvalue weighted by molar-refractivity contribution is 0.183. The summed E-state index contributed by atoms with van der Waals surface area (Å²) in [5.74, 6) is 3.25. The zero-order valence-electron chi connectivity index (χ0n) is 10.7. The van der Waals surface area contributed by atoms with Gasteiger partial charge in [-0.15, -0.1) is 12.3 Å². The third-order valence-corrected chi connectivity index (χ3v) is 3.66. The van der Waals surface area contributed by atoms with Crippen molar-refractivity contribution in [3.63, 3.8) is 0 Å². The third kappa shape index (κ3) is 3.90. The first kappa shape index (κ1) is 13.8. The van der Waals surface area contributed by atoms with E-state index in [1.807, 2.05) is 4.90 Å². The number of carbonyl (C=O) groups excluding carboxylic acids is 1. The maximum absolute atomic E-state index is 12.1. The number of urea groups is 1. The highest BCUT2D eigenvalue weighted by Gasteiger charge is 2.22. The summed E-state index contributed by atoms with van der Waals surface area (Å²) < 4.78 is 0. The standard InChI is InChI=1S/C15H17ClN2O/c1-2-3-12-8-10-18(11-9-12)15(19)17-14-6-4-13(16)5-7-14/h1,4-7,12H,3,8-11H2,(H,17,19). The van der Waals surface area contributed by atoms with Crippen LogP contribution in [0.4, 0.5) is 10.5 Å². The Morgan fingerprint density at radius 1 is 1.37 bits per heavy atom. The SMILES string of the molecule is C#CCC1CCN(C(=O)Nc2ccc(Cl)cc2)CC1. The molecular formula is C15H17ClN2O. The minimum absolute atomic E-state index is 0.0542. The summed E-state index contributed by atoms with van der Waals surface area (Å²) >= 11 is 5.80. The van der Waals surface area contributed by atoms with Gasteiger partial charge < -0.3 is 10.2 Å². The molecule has 0 aromatic heterocycles. The number of terminal acetylenes is 1. The number of nitrogens with zero attached hydrogens (tertiary/aromatic N) is 1. The molecule has 1 saturated heterocycles. The van der Waals surface area contributed by atoms with Gasteiger partial charge in [-0.05, 0) is 43.0 Å². The summed E-state index contributed by atoms with van der Waals surface area (Å²) in [4.78, 5) is 13.9. The maximum atomic E-state index is 12.1. The van der Waals surface area contributed by atoms with Crippen molar-refractivity contribution in [2.75, 3.05) is 18.4 Å². The summed E-state index contributed by atoms with van der Waals surface area (Å²) in [6.45, 7) is 1.54. The van der Waals surface area contributed by atoms with E-state index in [0.29, 0.717) is 10.9 Å². The predicted octanol–water partition coefficient (Wildman–Crippen LogP) is 3.61. The van der Waals surface area contributed by atoms with E-state index in [-0.39, 0.29) is 6.03 Å². The highest BCUT2D eigenvalue weighted by atomic mass is 35.5. The quantitative estimate of drug-likeness (QED) is 0.823. The lowest BCUT2D eigenvalue weighted by atomic mass is 9.94. The van der Waals surface area contributed by atoms with Crippen LogP contribution in [-0.4, -0.2) is 24.0 Å². The van der Waals surface area contributed by atoms with Crippen LogP contribution in [0.15, 0.2) is 24.3 Å². The Bertz CT molecular complexity index is 470. The van der Waals surface area contributed by atoms with Gasteiger partial charge in [-0.2, -0.15) is 0 Å². The molecule has 1 aliphatic rings. The fourth-order valence-electron chi connectivity index (χ4n) is 2.24. The Morgan fingerprint density at radius 2 is 2.00 bits per heavy atom. The van der Waals surface area contributed by atoms with E-state index in [9.17, 15) is 4.79 Å². The molecule has 1 fully saturated rings. The molecule has 19 heavy (non-hydrogen) atoms. The van der Waals surface area contributed by atoms with E-state index in [1.54, 1.807) is 24.3 Å². The van der Waals surface area contributed by atoms with Gasteiger partial charge in [-0.25, -0.2) is 4.79 Å². The van der Waals surface area contributed by atoms with E-state index in [1.165, 1.54) is 0 Å². The third-order valence-electron chi connectivity index (χ3n) is 3.40. The summed E-state index contributed by atoms with van der Waals surface area (Å²) in [5.41, 5.74) is 0.764. The van der Waals surface area contributed by atoms with Gasteiger partial charge in [0.1, 0.15) is 0 Å². The average Bonchev–Trinajstić information content (AvgIpc) is 2.42. The molecular weight excluding hydrogens is 260 g/mol. The van der Waals surface area contributed by atoms with Crippen molar-refractivity contribution < 1.29 is 4.79 Å². The van der Waals surface area contributed by atoms with Crippen molar-refractivity contribution in [3.05, 3.63) is 29.3 Å². The molecule has 0 radical (unpaired) electrons. The van der Waals surface area contributed by atoms with Gasteiger partial charge in [0, 0.05) is 30.2 Å². The number of halogens is 1. The Balaban J connectivity index is 1.85. The molecule has 1 N–H and O–H groups in total. The number of hydrogen-bond acceptors (Lipinski definition) is 1. The largest absolute Gasteiger partial charge is 0.325 e. The van der Waals surface area contributed by atoms with Crippen molar-refractivity contribution in [2.24, 2.45) is 5.92 Å². The molecule has 0 saturated carbocycles. The van der Waals surface area contributed by atoms with Gasteiger partial charge in [0.2, 0.25) is 0 Å². The topological polar surface area (TPSA) is 32.3 Å². The first-order valence-corrected chi connectivity index (χ1v) is 6.82. The Morgan fingerprint density at radius 3 is 2.58 bits per heavy atom. The molecule has 2 rings (SSSR count). The van der Waals surface area contributed by atoms with Crippen molar-refractivity contribution in [1.29, 1.82) is 0 Å². The van der Waals surface area contributed by atoms with E-state index in [2.05, 4.69) is 11.2 Å². The minimum atomic E-state index is -0.0542. The molecule has 1 aromatic rings. The van der Waals surface area contributed by atoms with Crippen LogP contribution in [0.25, 0.3) is 0 Å². The average molecular weight is 277 g/mol. The fourth-order valence-corrected chi connectivity index (χ4v) is 2.37. The van der Waals surface area contributed by atoms with E-state index >= 15 is 0 Å². The van der Waals surface area contributed by atoms with E-state index in [4.69, 9.17) is 18.0 Å². The second-order valence-electron chi connectivity index (χ2n) is 4.78. The van der Waals surface area contributed by atoms with E-state index < -0.39 is 0 Å². The smallest absolute Gasteiger partial charge is 0.321 e. The van der Waals surface area contributed by atoms with Crippen LogP contribution in [-0.2, 0) is 0 Å². The molecule has 1 heterocycles. The second-order valence-corrected chi connectivity index (χ2v) is 5.21. The van der Waals surface area contributed by atoms with Gasteiger partial charge in [0.05, 0.1) is 0 Å². The number of piperidine rings is 1. The lowest BCUT2D eigenvalue weighted by Gasteiger charge is -2.31. The molecule has 0 bridgehead atoms. The molecule has 0 aliphatic carbocycles. The van der Waals surface area contributed by atoms with Gasteiger partial charge in [0.15, 0.2) is 0 Å².